The number of carboxylic acids is 1. The molecule has 0 spiro atoms. The summed E-state index contributed by atoms with van der Waals surface area (Å²) in [5, 5.41) is 8.59. The van der Waals surface area contributed by atoms with Gasteiger partial charge in [-0.1, -0.05) is 31.2 Å². The van der Waals surface area contributed by atoms with Crippen molar-refractivity contribution in [3.8, 4) is 0 Å². The molecule has 2 nitrogen and oxygen atoms in total. The van der Waals surface area contributed by atoms with Crippen molar-refractivity contribution < 1.29 is 9.90 Å². The molecule has 0 aliphatic heterocycles. The summed E-state index contributed by atoms with van der Waals surface area (Å²) in [4.78, 5) is 10.5. The number of rotatable bonds is 6. The van der Waals surface area contributed by atoms with E-state index in [1.807, 2.05) is 36.0 Å². The molecule has 1 aromatic carbocycles. The molecular weight excluding hydrogens is 220 g/mol. The average Bonchev–Trinajstić information content (AvgIpc) is 2.28. The van der Waals surface area contributed by atoms with Crippen LogP contribution >= 0.6 is 11.8 Å². The number of aliphatic carboxylic acids is 1. The molecule has 0 saturated heterocycles. The number of hydrogen-bond donors (Lipinski definition) is 1. The van der Waals surface area contributed by atoms with Gasteiger partial charge >= 0.3 is 5.97 Å². The van der Waals surface area contributed by atoms with Crippen LogP contribution in [0.5, 0.6) is 0 Å². The summed E-state index contributed by atoms with van der Waals surface area (Å²) < 4.78 is 0. The Morgan fingerprint density at radius 3 is 2.88 bits per heavy atom. The van der Waals surface area contributed by atoms with Gasteiger partial charge in [0.2, 0.25) is 0 Å². The summed E-state index contributed by atoms with van der Waals surface area (Å²) in [6.07, 6.45) is 4.01. The Kier molecular flexibility index (Phi) is 5.72. The summed E-state index contributed by atoms with van der Waals surface area (Å²) in [5.41, 5.74) is 2.19. The van der Waals surface area contributed by atoms with Gasteiger partial charge in [0, 0.05) is 11.8 Å². The molecule has 1 N–H and O–H groups in total. The van der Waals surface area contributed by atoms with Crippen LogP contribution in [-0.4, -0.2) is 16.8 Å². The second-order valence-electron chi connectivity index (χ2n) is 3.42. The average molecular weight is 236 g/mol. The highest BCUT2D eigenvalue weighted by Crippen LogP contribution is 2.18. The van der Waals surface area contributed by atoms with E-state index in [0.29, 0.717) is 0 Å². The molecular formula is C13H16O2S. The lowest BCUT2D eigenvalue weighted by Crippen LogP contribution is -1.89. The van der Waals surface area contributed by atoms with E-state index in [2.05, 4.69) is 6.92 Å². The number of benzene rings is 1. The zero-order chi connectivity index (χ0) is 11.8. The minimum absolute atomic E-state index is 0.906. The van der Waals surface area contributed by atoms with Crippen molar-refractivity contribution in [3.05, 3.63) is 41.5 Å². The van der Waals surface area contributed by atoms with E-state index in [4.69, 9.17) is 5.11 Å². The van der Waals surface area contributed by atoms with Crippen molar-refractivity contribution in [1.29, 1.82) is 0 Å². The van der Waals surface area contributed by atoms with Crippen LogP contribution < -0.4 is 0 Å². The van der Waals surface area contributed by atoms with Crippen LogP contribution in [-0.2, 0) is 10.5 Å². The van der Waals surface area contributed by atoms with Gasteiger partial charge in [0.05, 0.1) is 0 Å². The quantitative estimate of drug-likeness (QED) is 0.607. The van der Waals surface area contributed by atoms with E-state index in [-0.39, 0.29) is 0 Å². The third-order valence-corrected chi connectivity index (χ3v) is 3.28. The number of carboxylic acid groups (broad SMARTS) is 1. The van der Waals surface area contributed by atoms with Crippen LogP contribution in [0.25, 0.3) is 6.08 Å². The number of carbonyl (C=O) groups is 1. The number of hydrogen-bond acceptors (Lipinski definition) is 2. The maximum absolute atomic E-state index is 10.5. The third-order valence-electron chi connectivity index (χ3n) is 2.07. The Bertz CT molecular complexity index is 372. The minimum Gasteiger partial charge on any atom is -0.478 e. The van der Waals surface area contributed by atoms with E-state index >= 15 is 0 Å². The van der Waals surface area contributed by atoms with Gasteiger partial charge in [-0.25, -0.2) is 4.79 Å². The molecule has 0 aromatic heterocycles. The first-order chi connectivity index (χ1) is 7.74. The number of thioether (sulfide) groups is 1. The predicted octanol–water partition coefficient (Wildman–Crippen LogP) is 3.43. The maximum atomic E-state index is 10.5. The normalized spacial score (nSPS) is 10.8. The molecule has 0 unspecified atom stereocenters. The molecule has 0 radical (unpaired) electrons. The third kappa shape index (κ3) is 4.53. The predicted molar refractivity (Wildman–Crippen MR) is 69.6 cm³/mol. The highest BCUT2D eigenvalue weighted by Gasteiger charge is 1.99. The summed E-state index contributed by atoms with van der Waals surface area (Å²) in [6, 6.07) is 7.90. The minimum atomic E-state index is -0.906. The first-order valence-corrected chi connectivity index (χ1v) is 6.46. The van der Waals surface area contributed by atoms with Crippen LogP contribution in [0.3, 0.4) is 0 Å². The van der Waals surface area contributed by atoms with E-state index in [9.17, 15) is 4.79 Å². The standard InChI is InChI=1S/C13H16O2S/c1-2-9-16-10-12-6-4-3-5-11(12)7-8-13(14)15/h3-8H,2,9-10H2,1H3,(H,14,15). The summed E-state index contributed by atoms with van der Waals surface area (Å²) >= 11 is 1.87. The fraction of sp³-hybridized carbons (Fsp3) is 0.308. The van der Waals surface area contributed by atoms with Gasteiger partial charge in [-0.2, -0.15) is 11.8 Å². The molecule has 1 aromatic rings. The zero-order valence-electron chi connectivity index (χ0n) is 9.35. The lowest BCUT2D eigenvalue weighted by molar-refractivity contribution is -0.131. The van der Waals surface area contributed by atoms with Crippen LogP contribution in [0, 0.1) is 0 Å². The fourth-order valence-corrected chi connectivity index (χ4v) is 2.23. The Labute approximate surface area is 100 Å². The van der Waals surface area contributed by atoms with Gasteiger partial charge in [-0.05, 0) is 29.4 Å². The van der Waals surface area contributed by atoms with E-state index in [1.165, 1.54) is 11.6 Å². The molecule has 0 aliphatic carbocycles. The van der Waals surface area contributed by atoms with Crippen LogP contribution in [0.15, 0.2) is 30.3 Å². The molecule has 0 bridgehead atoms. The molecule has 0 heterocycles. The topological polar surface area (TPSA) is 37.3 Å². The Hall–Kier alpha value is -1.22. The highest BCUT2D eigenvalue weighted by atomic mass is 32.2. The molecule has 3 heteroatoms. The van der Waals surface area contributed by atoms with Crippen molar-refractivity contribution >= 4 is 23.8 Å². The van der Waals surface area contributed by atoms with Gasteiger partial charge in [-0.15, -0.1) is 0 Å². The first kappa shape index (κ1) is 12.8. The van der Waals surface area contributed by atoms with E-state index in [0.717, 1.165) is 23.5 Å². The van der Waals surface area contributed by atoms with Gasteiger partial charge in [-0.3, -0.25) is 0 Å². The summed E-state index contributed by atoms with van der Waals surface area (Å²) in [7, 11) is 0. The van der Waals surface area contributed by atoms with Gasteiger partial charge in [0.25, 0.3) is 0 Å². The molecule has 0 saturated carbocycles. The summed E-state index contributed by atoms with van der Waals surface area (Å²) in [5.74, 6) is 1.17. The van der Waals surface area contributed by atoms with Crippen LogP contribution in [0.4, 0.5) is 0 Å². The van der Waals surface area contributed by atoms with Crippen LogP contribution in [0.1, 0.15) is 24.5 Å². The molecule has 0 amide bonds. The second-order valence-corrected chi connectivity index (χ2v) is 4.53. The molecule has 86 valence electrons. The Morgan fingerprint density at radius 2 is 2.19 bits per heavy atom. The molecule has 16 heavy (non-hydrogen) atoms. The maximum Gasteiger partial charge on any atom is 0.328 e. The first-order valence-electron chi connectivity index (χ1n) is 5.30. The molecule has 0 fully saturated rings. The van der Waals surface area contributed by atoms with E-state index < -0.39 is 5.97 Å². The second kappa shape index (κ2) is 7.12. The molecule has 0 aliphatic rings. The van der Waals surface area contributed by atoms with Gasteiger partial charge < -0.3 is 5.11 Å². The van der Waals surface area contributed by atoms with Crippen molar-refractivity contribution in [2.45, 2.75) is 19.1 Å². The monoisotopic (exact) mass is 236 g/mol. The molecule has 1 rings (SSSR count). The van der Waals surface area contributed by atoms with Gasteiger partial charge in [0.15, 0.2) is 0 Å². The molecule has 0 atom stereocenters. The van der Waals surface area contributed by atoms with Gasteiger partial charge in [0.1, 0.15) is 0 Å². The Balaban J connectivity index is 2.71. The highest BCUT2D eigenvalue weighted by molar-refractivity contribution is 7.98. The van der Waals surface area contributed by atoms with Crippen molar-refractivity contribution in [2.75, 3.05) is 5.75 Å². The fourth-order valence-electron chi connectivity index (χ4n) is 1.32. The van der Waals surface area contributed by atoms with E-state index in [1.54, 1.807) is 6.08 Å². The SMILES string of the molecule is CCCSCc1ccccc1C=CC(=O)O. The smallest absolute Gasteiger partial charge is 0.328 e. The summed E-state index contributed by atoms with van der Waals surface area (Å²) in [6.45, 7) is 2.16. The zero-order valence-corrected chi connectivity index (χ0v) is 10.2. The van der Waals surface area contributed by atoms with Crippen molar-refractivity contribution in [3.63, 3.8) is 0 Å². The lowest BCUT2D eigenvalue weighted by atomic mass is 10.1. The van der Waals surface area contributed by atoms with Crippen LogP contribution in [0.2, 0.25) is 0 Å². The Morgan fingerprint density at radius 1 is 1.44 bits per heavy atom. The van der Waals surface area contributed by atoms with Crippen molar-refractivity contribution in [1.82, 2.24) is 0 Å². The van der Waals surface area contributed by atoms with Crippen molar-refractivity contribution in [2.24, 2.45) is 0 Å². The largest absolute Gasteiger partial charge is 0.478 e. The lowest BCUT2D eigenvalue weighted by Gasteiger charge is -2.04.